The zero-order chi connectivity index (χ0) is 20.0. The lowest BCUT2D eigenvalue weighted by Gasteiger charge is -2.31. The van der Waals surface area contributed by atoms with Crippen LogP contribution in [0.5, 0.6) is 5.75 Å². The average Bonchev–Trinajstić information content (AvgIpc) is 2.72. The van der Waals surface area contributed by atoms with Crippen molar-refractivity contribution in [2.75, 3.05) is 13.2 Å². The van der Waals surface area contributed by atoms with Gasteiger partial charge < -0.3 is 9.47 Å². The molecule has 0 radical (unpaired) electrons. The highest BCUT2D eigenvalue weighted by atomic mass is 16.5. The van der Waals surface area contributed by atoms with E-state index in [0.29, 0.717) is 12.2 Å². The van der Waals surface area contributed by atoms with E-state index in [1.807, 2.05) is 19.1 Å². The maximum atomic E-state index is 11.7. The second-order valence-electron chi connectivity index (χ2n) is 8.24. The first-order valence-electron chi connectivity index (χ1n) is 11.6. The quantitative estimate of drug-likeness (QED) is 0.265. The molecule has 0 aromatic heterocycles. The minimum atomic E-state index is -0.271. The van der Waals surface area contributed by atoms with Crippen LogP contribution in [0.3, 0.4) is 0 Å². The van der Waals surface area contributed by atoms with Gasteiger partial charge in [-0.05, 0) is 55.9 Å². The van der Waals surface area contributed by atoms with Crippen molar-refractivity contribution in [3.8, 4) is 5.75 Å². The molecule has 1 fully saturated rings. The zero-order valence-corrected chi connectivity index (χ0v) is 18.1. The minimum Gasteiger partial charge on any atom is -0.494 e. The molecule has 0 aliphatic heterocycles. The summed E-state index contributed by atoms with van der Waals surface area (Å²) in [4.78, 5) is 11.7. The van der Waals surface area contributed by atoms with E-state index < -0.39 is 0 Å². The third-order valence-corrected chi connectivity index (χ3v) is 6.10. The van der Waals surface area contributed by atoms with Gasteiger partial charge in [0.15, 0.2) is 0 Å². The third-order valence-electron chi connectivity index (χ3n) is 6.10. The molecule has 0 saturated heterocycles. The number of carbonyl (C=O) groups excluding carboxylic acids is 1. The molecule has 1 aromatic rings. The SMILES string of the molecule is CCCCCCCC1CCCCC1CCCOc1ccc(C(=O)OCC)cc1. The molecule has 0 heterocycles. The second-order valence-corrected chi connectivity index (χ2v) is 8.24. The Morgan fingerprint density at radius 3 is 2.18 bits per heavy atom. The highest BCUT2D eigenvalue weighted by Crippen LogP contribution is 2.36. The van der Waals surface area contributed by atoms with Gasteiger partial charge in [-0.2, -0.15) is 0 Å². The Bertz CT molecular complexity index is 537. The van der Waals surface area contributed by atoms with Gasteiger partial charge in [-0.25, -0.2) is 4.79 Å². The maximum absolute atomic E-state index is 11.7. The van der Waals surface area contributed by atoms with E-state index in [-0.39, 0.29) is 5.97 Å². The van der Waals surface area contributed by atoms with Crippen molar-refractivity contribution in [3.05, 3.63) is 29.8 Å². The predicted octanol–water partition coefficient (Wildman–Crippen LogP) is 7.19. The largest absolute Gasteiger partial charge is 0.494 e. The van der Waals surface area contributed by atoms with Crippen LogP contribution in [0.2, 0.25) is 0 Å². The fraction of sp³-hybridized carbons (Fsp3) is 0.720. The molecule has 1 aliphatic carbocycles. The van der Waals surface area contributed by atoms with Crippen LogP contribution < -0.4 is 4.74 Å². The molecule has 0 N–H and O–H groups in total. The van der Waals surface area contributed by atoms with E-state index in [9.17, 15) is 4.79 Å². The Morgan fingerprint density at radius 1 is 0.893 bits per heavy atom. The number of carbonyl (C=O) groups is 1. The van der Waals surface area contributed by atoms with Crippen molar-refractivity contribution >= 4 is 5.97 Å². The molecule has 3 heteroatoms. The summed E-state index contributed by atoms with van der Waals surface area (Å²) in [6.45, 7) is 5.27. The summed E-state index contributed by atoms with van der Waals surface area (Å²) in [6.07, 6.45) is 16.5. The van der Waals surface area contributed by atoms with Crippen molar-refractivity contribution in [1.29, 1.82) is 0 Å². The highest BCUT2D eigenvalue weighted by molar-refractivity contribution is 5.89. The fourth-order valence-electron chi connectivity index (χ4n) is 4.49. The number of ether oxygens (including phenoxy) is 2. The van der Waals surface area contributed by atoms with E-state index in [1.165, 1.54) is 70.6 Å². The first-order chi connectivity index (χ1) is 13.7. The number of hydrogen-bond donors (Lipinski definition) is 0. The molecule has 2 unspecified atom stereocenters. The Morgan fingerprint density at radius 2 is 1.54 bits per heavy atom. The van der Waals surface area contributed by atoms with Crippen molar-refractivity contribution in [2.45, 2.75) is 90.9 Å². The molecule has 2 rings (SSSR count). The van der Waals surface area contributed by atoms with Crippen LogP contribution in [-0.2, 0) is 4.74 Å². The monoisotopic (exact) mass is 388 g/mol. The third kappa shape index (κ3) is 8.24. The molecular formula is C25H40O3. The lowest BCUT2D eigenvalue weighted by molar-refractivity contribution is 0.0526. The van der Waals surface area contributed by atoms with Crippen LogP contribution in [0.1, 0.15) is 101 Å². The summed E-state index contributed by atoms with van der Waals surface area (Å²) in [7, 11) is 0. The normalized spacial score (nSPS) is 19.4. The van der Waals surface area contributed by atoms with Crippen molar-refractivity contribution in [1.82, 2.24) is 0 Å². The van der Waals surface area contributed by atoms with Gasteiger partial charge >= 0.3 is 5.97 Å². The molecular weight excluding hydrogens is 348 g/mol. The van der Waals surface area contributed by atoms with Crippen LogP contribution in [0.25, 0.3) is 0 Å². The summed E-state index contributed by atoms with van der Waals surface area (Å²) < 4.78 is 10.9. The van der Waals surface area contributed by atoms with Gasteiger partial charge in [-0.1, -0.05) is 71.1 Å². The minimum absolute atomic E-state index is 0.271. The summed E-state index contributed by atoms with van der Waals surface area (Å²) in [5, 5.41) is 0. The average molecular weight is 389 g/mol. The van der Waals surface area contributed by atoms with Crippen molar-refractivity contribution in [2.24, 2.45) is 11.8 Å². The fourth-order valence-corrected chi connectivity index (χ4v) is 4.49. The van der Waals surface area contributed by atoms with Gasteiger partial charge in [0, 0.05) is 0 Å². The van der Waals surface area contributed by atoms with Gasteiger partial charge in [0.1, 0.15) is 5.75 Å². The lowest BCUT2D eigenvalue weighted by Crippen LogP contribution is -2.20. The number of unbranched alkanes of at least 4 members (excludes halogenated alkanes) is 4. The van der Waals surface area contributed by atoms with Gasteiger partial charge in [-0.3, -0.25) is 0 Å². The van der Waals surface area contributed by atoms with Crippen LogP contribution in [0, 0.1) is 11.8 Å². The molecule has 0 amide bonds. The first kappa shape index (κ1) is 22.8. The Labute approximate surface area is 172 Å². The summed E-state index contributed by atoms with van der Waals surface area (Å²) >= 11 is 0. The molecule has 3 nitrogen and oxygen atoms in total. The molecule has 2 atom stereocenters. The molecule has 158 valence electrons. The Hall–Kier alpha value is -1.51. The van der Waals surface area contributed by atoms with Gasteiger partial charge in [0.05, 0.1) is 18.8 Å². The lowest BCUT2D eigenvalue weighted by atomic mass is 9.74. The van der Waals surface area contributed by atoms with Gasteiger partial charge in [0.2, 0.25) is 0 Å². The smallest absolute Gasteiger partial charge is 0.338 e. The van der Waals surface area contributed by atoms with Gasteiger partial charge in [0.25, 0.3) is 0 Å². The van der Waals surface area contributed by atoms with Gasteiger partial charge in [-0.15, -0.1) is 0 Å². The molecule has 1 aromatic carbocycles. The van der Waals surface area contributed by atoms with Crippen molar-refractivity contribution < 1.29 is 14.3 Å². The highest BCUT2D eigenvalue weighted by Gasteiger charge is 2.24. The standard InChI is InChI=1S/C25H40O3/c1-3-5-6-7-8-12-21-13-9-10-14-22(21)15-11-20-28-24-18-16-23(17-19-24)25(26)27-4-2/h16-19,21-22H,3-15,20H2,1-2H3. The molecule has 0 bridgehead atoms. The van der Waals surface area contributed by atoms with Crippen LogP contribution in [-0.4, -0.2) is 19.2 Å². The topological polar surface area (TPSA) is 35.5 Å². The van der Waals surface area contributed by atoms with E-state index in [0.717, 1.165) is 30.6 Å². The Kier molecular flexibility index (Phi) is 11.1. The van der Waals surface area contributed by atoms with Crippen LogP contribution in [0.15, 0.2) is 24.3 Å². The molecule has 0 spiro atoms. The van der Waals surface area contributed by atoms with E-state index in [2.05, 4.69) is 6.92 Å². The number of esters is 1. The Balaban J connectivity index is 1.65. The van der Waals surface area contributed by atoms with Crippen LogP contribution >= 0.6 is 0 Å². The molecule has 1 aliphatic rings. The van der Waals surface area contributed by atoms with E-state index in [4.69, 9.17) is 9.47 Å². The maximum Gasteiger partial charge on any atom is 0.338 e. The number of hydrogen-bond acceptors (Lipinski definition) is 3. The number of rotatable bonds is 13. The second kappa shape index (κ2) is 13.6. The first-order valence-corrected chi connectivity index (χ1v) is 11.6. The summed E-state index contributed by atoms with van der Waals surface area (Å²) in [5.74, 6) is 2.41. The van der Waals surface area contributed by atoms with E-state index in [1.54, 1.807) is 12.1 Å². The summed E-state index contributed by atoms with van der Waals surface area (Å²) in [5.41, 5.74) is 0.582. The predicted molar refractivity (Wildman–Crippen MR) is 116 cm³/mol. The summed E-state index contributed by atoms with van der Waals surface area (Å²) in [6, 6.07) is 7.30. The zero-order valence-electron chi connectivity index (χ0n) is 18.1. The molecule has 1 saturated carbocycles. The van der Waals surface area contributed by atoms with Crippen molar-refractivity contribution in [3.63, 3.8) is 0 Å². The number of benzene rings is 1. The van der Waals surface area contributed by atoms with E-state index >= 15 is 0 Å². The molecule has 28 heavy (non-hydrogen) atoms. The van der Waals surface area contributed by atoms with Crippen LogP contribution in [0.4, 0.5) is 0 Å².